The fourth-order valence-corrected chi connectivity index (χ4v) is 2.33. The Morgan fingerprint density at radius 3 is 3.00 bits per heavy atom. The third-order valence-corrected chi connectivity index (χ3v) is 3.41. The molecule has 1 aliphatic heterocycles. The van der Waals surface area contributed by atoms with Crippen molar-refractivity contribution in [2.75, 3.05) is 26.8 Å². The van der Waals surface area contributed by atoms with Gasteiger partial charge in [0.15, 0.2) is 0 Å². The number of nitrogens with one attached hydrogen (secondary N) is 1. The molecular weight excluding hydrogens is 270 g/mol. The molecule has 2 rings (SSSR count). The summed E-state index contributed by atoms with van der Waals surface area (Å²) in [5.41, 5.74) is 0.665. The van der Waals surface area contributed by atoms with E-state index in [1.165, 1.54) is 0 Å². The van der Waals surface area contributed by atoms with Crippen LogP contribution in [0.2, 0.25) is 0 Å². The summed E-state index contributed by atoms with van der Waals surface area (Å²) in [7, 11) is 1.58. The van der Waals surface area contributed by atoms with Crippen LogP contribution < -0.4 is 5.32 Å². The van der Waals surface area contributed by atoms with Gasteiger partial charge in [0.1, 0.15) is 0 Å². The van der Waals surface area contributed by atoms with Crippen LogP contribution in [-0.4, -0.2) is 49.6 Å². The molecule has 0 aliphatic carbocycles. The maximum Gasteiger partial charge on any atom is 0.252 e. The number of methoxy groups -OCH3 is 1. The molecule has 21 heavy (non-hydrogen) atoms. The molecule has 1 saturated heterocycles. The first-order valence-electron chi connectivity index (χ1n) is 6.72. The first-order chi connectivity index (χ1) is 10.2. The number of hydrogen-bond donors (Lipinski definition) is 1. The molecule has 1 atom stereocenters. The highest BCUT2D eigenvalue weighted by molar-refractivity contribution is 5.97. The summed E-state index contributed by atoms with van der Waals surface area (Å²) in [6.07, 6.45) is 0.282. The van der Waals surface area contributed by atoms with Crippen molar-refractivity contribution in [1.82, 2.24) is 10.2 Å². The van der Waals surface area contributed by atoms with Crippen LogP contribution in [0.5, 0.6) is 0 Å². The summed E-state index contributed by atoms with van der Waals surface area (Å²) in [5.74, 6) is -0.315. The Hall–Kier alpha value is -2.39. The minimum Gasteiger partial charge on any atom is -0.383 e. The van der Waals surface area contributed by atoms with Gasteiger partial charge in [0.2, 0.25) is 5.91 Å². The summed E-state index contributed by atoms with van der Waals surface area (Å²) in [5, 5.41) is 11.8. The molecule has 1 unspecified atom stereocenters. The van der Waals surface area contributed by atoms with E-state index in [0.29, 0.717) is 30.8 Å². The SMILES string of the molecule is COCCN1CC(NC(=O)c2ccccc2C#N)CC1=O. The van der Waals surface area contributed by atoms with Crippen LogP contribution in [0.15, 0.2) is 24.3 Å². The third kappa shape index (κ3) is 3.58. The number of likely N-dealkylation sites (tertiary alicyclic amines) is 1. The van der Waals surface area contributed by atoms with E-state index in [1.54, 1.807) is 36.3 Å². The van der Waals surface area contributed by atoms with Crippen LogP contribution in [0.4, 0.5) is 0 Å². The molecule has 1 aromatic rings. The zero-order chi connectivity index (χ0) is 15.2. The number of ether oxygens (including phenoxy) is 1. The van der Waals surface area contributed by atoms with Gasteiger partial charge < -0.3 is 15.0 Å². The fraction of sp³-hybridized carbons (Fsp3) is 0.400. The van der Waals surface area contributed by atoms with Gasteiger partial charge in [0, 0.05) is 26.6 Å². The molecule has 0 saturated carbocycles. The van der Waals surface area contributed by atoms with Gasteiger partial charge in [-0.15, -0.1) is 0 Å². The number of carbonyl (C=O) groups excluding carboxylic acids is 2. The molecule has 1 N–H and O–H groups in total. The van der Waals surface area contributed by atoms with Gasteiger partial charge >= 0.3 is 0 Å². The molecule has 6 heteroatoms. The van der Waals surface area contributed by atoms with E-state index in [0.717, 1.165) is 0 Å². The van der Waals surface area contributed by atoms with Gasteiger partial charge in [0.05, 0.1) is 29.8 Å². The van der Waals surface area contributed by atoms with Crippen LogP contribution in [0.25, 0.3) is 0 Å². The maximum atomic E-state index is 12.2. The van der Waals surface area contributed by atoms with Crippen molar-refractivity contribution in [2.24, 2.45) is 0 Å². The Morgan fingerprint density at radius 2 is 2.29 bits per heavy atom. The average Bonchev–Trinajstić information content (AvgIpc) is 2.84. The predicted molar refractivity (Wildman–Crippen MR) is 75.5 cm³/mol. The molecule has 1 aromatic carbocycles. The monoisotopic (exact) mass is 287 g/mol. The minimum atomic E-state index is -0.321. The smallest absolute Gasteiger partial charge is 0.252 e. The van der Waals surface area contributed by atoms with Crippen LogP contribution in [-0.2, 0) is 9.53 Å². The lowest BCUT2D eigenvalue weighted by Crippen LogP contribution is -2.38. The average molecular weight is 287 g/mol. The number of rotatable bonds is 5. The zero-order valence-corrected chi connectivity index (χ0v) is 11.8. The van der Waals surface area contributed by atoms with Gasteiger partial charge in [-0.1, -0.05) is 12.1 Å². The number of amides is 2. The second-order valence-corrected chi connectivity index (χ2v) is 4.86. The van der Waals surface area contributed by atoms with Crippen LogP contribution in [0.3, 0.4) is 0 Å². The van der Waals surface area contributed by atoms with Crippen molar-refractivity contribution in [3.63, 3.8) is 0 Å². The van der Waals surface area contributed by atoms with E-state index >= 15 is 0 Å². The quantitative estimate of drug-likeness (QED) is 0.856. The minimum absolute atomic E-state index is 0.00548. The van der Waals surface area contributed by atoms with Crippen LogP contribution in [0.1, 0.15) is 22.3 Å². The van der Waals surface area contributed by atoms with Gasteiger partial charge in [-0.2, -0.15) is 5.26 Å². The molecular formula is C15H17N3O3. The Bertz CT molecular complexity index is 580. The Kier molecular flexibility index (Phi) is 4.90. The first kappa shape index (κ1) is 15.0. The summed E-state index contributed by atoms with van der Waals surface area (Å²) >= 11 is 0. The van der Waals surface area contributed by atoms with Crippen molar-refractivity contribution in [1.29, 1.82) is 5.26 Å². The molecule has 1 heterocycles. The topological polar surface area (TPSA) is 82.4 Å². The number of benzene rings is 1. The van der Waals surface area contributed by atoms with Crippen molar-refractivity contribution in [3.8, 4) is 6.07 Å². The van der Waals surface area contributed by atoms with E-state index in [1.807, 2.05) is 6.07 Å². The van der Waals surface area contributed by atoms with E-state index in [4.69, 9.17) is 10.00 Å². The molecule has 0 bridgehead atoms. The van der Waals surface area contributed by atoms with Gasteiger partial charge in [0.25, 0.3) is 5.91 Å². The highest BCUT2D eigenvalue weighted by Gasteiger charge is 2.30. The summed E-state index contributed by atoms with van der Waals surface area (Å²) in [4.78, 5) is 25.7. The van der Waals surface area contributed by atoms with E-state index < -0.39 is 0 Å². The molecule has 0 spiro atoms. The molecule has 1 fully saturated rings. The first-order valence-corrected chi connectivity index (χ1v) is 6.72. The number of hydrogen-bond acceptors (Lipinski definition) is 4. The second-order valence-electron chi connectivity index (χ2n) is 4.86. The van der Waals surface area contributed by atoms with Gasteiger partial charge in [-0.3, -0.25) is 9.59 Å². The molecule has 1 aliphatic rings. The van der Waals surface area contributed by atoms with Crippen molar-refractivity contribution in [2.45, 2.75) is 12.5 Å². The largest absolute Gasteiger partial charge is 0.383 e. The van der Waals surface area contributed by atoms with Gasteiger partial charge in [-0.25, -0.2) is 0 Å². The lowest BCUT2D eigenvalue weighted by Gasteiger charge is -2.16. The standard InChI is InChI=1S/C15H17N3O3/c1-21-7-6-18-10-12(8-14(18)19)17-15(20)13-5-3-2-4-11(13)9-16/h2-5,12H,6-8,10H2,1H3,(H,17,20). The molecule has 110 valence electrons. The van der Waals surface area contributed by atoms with Crippen LogP contribution in [0, 0.1) is 11.3 Å². The Morgan fingerprint density at radius 1 is 1.52 bits per heavy atom. The zero-order valence-electron chi connectivity index (χ0n) is 11.8. The molecule has 2 amide bonds. The number of nitrogens with zero attached hydrogens (tertiary/aromatic N) is 2. The summed E-state index contributed by atoms with van der Waals surface area (Å²) in [6.45, 7) is 1.48. The number of nitriles is 1. The van der Waals surface area contributed by atoms with E-state index in [-0.39, 0.29) is 24.3 Å². The van der Waals surface area contributed by atoms with Crippen molar-refractivity contribution >= 4 is 11.8 Å². The molecule has 0 aromatic heterocycles. The maximum absolute atomic E-state index is 12.2. The molecule has 6 nitrogen and oxygen atoms in total. The summed E-state index contributed by atoms with van der Waals surface area (Å²) < 4.78 is 4.95. The number of carbonyl (C=O) groups is 2. The fourth-order valence-electron chi connectivity index (χ4n) is 2.33. The predicted octanol–water partition coefficient (Wildman–Crippen LogP) is 0.535. The van der Waals surface area contributed by atoms with Gasteiger partial charge in [-0.05, 0) is 12.1 Å². The summed E-state index contributed by atoms with van der Waals surface area (Å²) in [6, 6.07) is 8.38. The van der Waals surface area contributed by atoms with Crippen LogP contribution >= 0.6 is 0 Å². The third-order valence-electron chi connectivity index (χ3n) is 3.41. The Balaban J connectivity index is 1.98. The second kappa shape index (κ2) is 6.86. The van der Waals surface area contributed by atoms with E-state index in [9.17, 15) is 9.59 Å². The normalized spacial score (nSPS) is 17.6. The van der Waals surface area contributed by atoms with Crippen molar-refractivity contribution < 1.29 is 14.3 Å². The lowest BCUT2D eigenvalue weighted by atomic mass is 10.1. The van der Waals surface area contributed by atoms with Crippen molar-refractivity contribution in [3.05, 3.63) is 35.4 Å². The Labute approximate surface area is 123 Å². The highest BCUT2D eigenvalue weighted by Crippen LogP contribution is 2.13. The molecule has 0 radical (unpaired) electrons. The highest BCUT2D eigenvalue weighted by atomic mass is 16.5. The van der Waals surface area contributed by atoms with E-state index in [2.05, 4.69) is 5.32 Å². The lowest BCUT2D eigenvalue weighted by molar-refractivity contribution is -0.128.